The lowest BCUT2D eigenvalue weighted by atomic mass is 9.66. The molecule has 1 aromatic carbocycles. The summed E-state index contributed by atoms with van der Waals surface area (Å²) in [6.45, 7) is 28.1. The van der Waals surface area contributed by atoms with Crippen LogP contribution in [0.2, 0.25) is 36.3 Å². The van der Waals surface area contributed by atoms with Gasteiger partial charge in [0.15, 0.2) is 22.7 Å². The maximum absolute atomic E-state index is 13.9. The number of ether oxygens (including phenoxy) is 3. The van der Waals surface area contributed by atoms with Gasteiger partial charge in [0.1, 0.15) is 11.9 Å². The van der Waals surface area contributed by atoms with Crippen molar-refractivity contribution in [1.82, 2.24) is 0 Å². The third-order valence-corrected chi connectivity index (χ3v) is 21.6. The van der Waals surface area contributed by atoms with Crippen molar-refractivity contribution < 1.29 is 27.9 Å². The van der Waals surface area contributed by atoms with Crippen LogP contribution in [-0.2, 0) is 23.1 Å². The fourth-order valence-electron chi connectivity index (χ4n) is 6.93. The smallest absolute Gasteiger partial charge is 0.347 e. The molecule has 1 unspecified atom stereocenters. The van der Waals surface area contributed by atoms with E-state index in [1.165, 1.54) is 5.57 Å². The van der Waals surface area contributed by atoms with E-state index in [2.05, 4.69) is 109 Å². The van der Waals surface area contributed by atoms with Crippen molar-refractivity contribution in [3.05, 3.63) is 52.5 Å². The van der Waals surface area contributed by atoms with Crippen molar-refractivity contribution in [3.8, 4) is 5.75 Å². The standard InChI is InChI=1S/C40H65BrO6Si2/c1-13-35(44-30-18-16-29(41)17-19-30)38(42)45-36-26-33(47-49(11,12)40(6,7)8)24-28-15-14-27(2)34(37(28)36)21-20-31-25-32(22-23-43-31)46-48(9,10)39(3,4)5/h14-19,24,27,31-37H,13,20-23,25-26H2,1-12H3/t27-,31+,32+,33+,34-,35?,36-,37-/m0/s1. The number of esters is 1. The molecule has 9 heteroatoms. The Labute approximate surface area is 308 Å². The lowest BCUT2D eigenvalue weighted by Gasteiger charge is -2.46. The third-order valence-electron chi connectivity index (χ3n) is 12.0. The van der Waals surface area contributed by atoms with Gasteiger partial charge in [-0.15, -0.1) is 0 Å². The predicted octanol–water partition coefficient (Wildman–Crippen LogP) is 11.0. The minimum Gasteiger partial charge on any atom is -0.479 e. The number of allylic oxidation sites excluding steroid dienone is 2. The molecule has 276 valence electrons. The lowest BCUT2D eigenvalue weighted by molar-refractivity contribution is -0.163. The largest absolute Gasteiger partial charge is 0.479 e. The van der Waals surface area contributed by atoms with Crippen LogP contribution in [0, 0.1) is 17.8 Å². The van der Waals surface area contributed by atoms with Gasteiger partial charge >= 0.3 is 5.97 Å². The summed E-state index contributed by atoms with van der Waals surface area (Å²) in [5.41, 5.74) is 1.24. The molecule has 3 aliphatic rings. The molecule has 0 saturated carbocycles. The summed E-state index contributed by atoms with van der Waals surface area (Å²) in [5.74, 6) is 1.12. The van der Waals surface area contributed by atoms with Crippen molar-refractivity contribution in [1.29, 1.82) is 0 Å². The SMILES string of the molecule is CCC(Oc1ccc(Br)cc1)C(=O)O[C@H]1C[C@H](O[Si](C)(C)C(C)(C)C)C=C2C=C[C@H](C)[C@H](CC[C@@H]3C[C@H](O[Si](C)(C)C(C)(C)C)CCO3)[C@H]21. The summed E-state index contributed by atoms with van der Waals surface area (Å²) in [6.07, 6.45) is 11.4. The Morgan fingerprint density at radius 2 is 1.59 bits per heavy atom. The fraction of sp³-hybridized carbons (Fsp3) is 0.725. The number of carbonyl (C=O) groups is 1. The van der Waals surface area contributed by atoms with Gasteiger partial charge in [-0.2, -0.15) is 0 Å². The minimum atomic E-state index is -2.07. The summed E-state index contributed by atoms with van der Waals surface area (Å²) >= 11 is 3.48. The summed E-state index contributed by atoms with van der Waals surface area (Å²) < 4.78 is 33.9. The van der Waals surface area contributed by atoms with Crippen LogP contribution in [-0.4, -0.2) is 59.7 Å². The molecule has 0 aromatic heterocycles. The second-order valence-electron chi connectivity index (χ2n) is 17.8. The van der Waals surface area contributed by atoms with Gasteiger partial charge in [0.25, 0.3) is 0 Å². The molecule has 49 heavy (non-hydrogen) atoms. The van der Waals surface area contributed by atoms with Crippen molar-refractivity contribution in [3.63, 3.8) is 0 Å². The zero-order valence-corrected chi connectivity index (χ0v) is 36.0. The second kappa shape index (κ2) is 16.2. The zero-order chi connectivity index (χ0) is 36.4. The molecule has 4 rings (SSSR count). The van der Waals surface area contributed by atoms with Gasteiger partial charge < -0.3 is 23.1 Å². The Hall–Kier alpha value is -1.24. The second-order valence-corrected chi connectivity index (χ2v) is 28.2. The molecule has 8 atom stereocenters. The Morgan fingerprint density at radius 3 is 2.20 bits per heavy atom. The lowest BCUT2D eigenvalue weighted by Crippen LogP contribution is -2.49. The van der Waals surface area contributed by atoms with Crippen LogP contribution < -0.4 is 4.74 Å². The number of carbonyl (C=O) groups excluding carboxylic acids is 1. The highest BCUT2D eigenvalue weighted by molar-refractivity contribution is 9.10. The molecule has 0 bridgehead atoms. The van der Waals surface area contributed by atoms with Gasteiger partial charge in [0, 0.05) is 29.5 Å². The molecule has 1 saturated heterocycles. The quantitative estimate of drug-likeness (QED) is 0.156. The van der Waals surface area contributed by atoms with E-state index in [1.807, 2.05) is 31.2 Å². The van der Waals surface area contributed by atoms with Crippen LogP contribution in [0.5, 0.6) is 5.75 Å². The number of benzene rings is 1. The van der Waals surface area contributed by atoms with Gasteiger partial charge in [0.2, 0.25) is 0 Å². The zero-order valence-electron chi connectivity index (χ0n) is 32.4. The molecule has 0 radical (unpaired) electrons. The average Bonchev–Trinajstić information content (AvgIpc) is 2.99. The van der Waals surface area contributed by atoms with Crippen molar-refractivity contribution >= 4 is 38.5 Å². The first-order valence-corrected chi connectivity index (χ1v) is 25.3. The predicted molar refractivity (Wildman–Crippen MR) is 209 cm³/mol. The van der Waals surface area contributed by atoms with Gasteiger partial charge in [-0.05, 0) is 110 Å². The van der Waals surface area contributed by atoms with E-state index in [1.54, 1.807) is 0 Å². The van der Waals surface area contributed by atoms with Gasteiger partial charge in [-0.1, -0.05) is 89.5 Å². The Kier molecular flexibility index (Phi) is 13.4. The number of rotatable bonds is 12. The van der Waals surface area contributed by atoms with Crippen LogP contribution in [0.1, 0.15) is 93.9 Å². The average molecular weight is 778 g/mol. The Balaban J connectivity index is 1.54. The molecule has 0 amide bonds. The number of hydrogen-bond acceptors (Lipinski definition) is 6. The minimum absolute atomic E-state index is 0.0754. The molecule has 0 spiro atoms. The van der Waals surface area contributed by atoms with Crippen LogP contribution in [0.15, 0.2) is 52.5 Å². The number of halogens is 1. The van der Waals surface area contributed by atoms with E-state index in [9.17, 15) is 4.79 Å². The van der Waals surface area contributed by atoms with Gasteiger partial charge in [0.05, 0.1) is 12.2 Å². The maximum Gasteiger partial charge on any atom is 0.347 e. The Bertz CT molecular complexity index is 1310. The van der Waals surface area contributed by atoms with Crippen molar-refractivity contribution in [2.75, 3.05) is 6.61 Å². The summed E-state index contributed by atoms with van der Waals surface area (Å²) in [4.78, 5) is 13.9. The highest BCUT2D eigenvalue weighted by atomic mass is 79.9. The Morgan fingerprint density at radius 1 is 0.959 bits per heavy atom. The van der Waals surface area contributed by atoms with E-state index >= 15 is 0 Å². The molecule has 1 aromatic rings. The van der Waals surface area contributed by atoms with E-state index in [0.717, 1.165) is 36.8 Å². The highest BCUT2D eigenvalue weighted by Crippen LogP contribution is 2.47. The number of hydrogen-bond donors (Lipinski definition) is 0. The summed E-state index contributed by atoms with van der Waals surface area (Å²) in [5, 5.41) is 0.263. The molecular weight excluding hydrogens is 713 g/mol. The van der Waals surface area contributed by atoms with Crippen LogP contribution in [0.25, 0.3) is 0 Å². The highest BCUT2D eigenvalue weighted by Gasteiger charge is 2.46. The molecule has 0 N–H and O–H groups in total. The summed E-state index contributed by atoms with van der Waals surface area (Å²) in [6, 6.07) is 7.60. The first-order chi connectivity index (χ1) is 22.7. The normalized spacial score (nSPS) is 28.8. The van der Waals surface area contributed by atoms with Crippen molar-refractivity contribution in [2.45, 2.75) is 161 Å². The van der Waals surface area contributed by atoms with Gasteiger partial charge in [-0.25, -0.2) is 4.79 Å². The van der Waals surface area contributed by atoms with Crippen molar-refractivity contribution in [2.24, 2.45) is 17.8 Å². The van der Waals surface area contributed by atoms with E-state index in [4.69, 9.17) is 23.1 Å². The first kappa shape index (κ1) is 40.5. The molecule has 2 aliphatic carbocycles. The first-order valence-electron chi connectivity index (χ1n) is 18.7. The van der Waals surface area contributed by atoms with E-state index in [0.29, 0.717) is 30.4 Å². The molecule has 1 heterocycles. The summed E-state index contributed by atoms with van der Waals surface area (Å²) in [7, 11) is -3.92. The van der Waals surface area contributed by atoms with E-state index in [-0.39, 0.29) is 46.4 Å². The van der Waals surface area contributed by atoms with Crippen LogP contribution in [0.3, 0.4) is 0 Å². The third kappa shape index (κ3) is 10.4. The monoisotopic (exact) mass is 776 g/mol. The fourth-order valence-corrected chi connectivity index (χ4v) is 9.87. The van der Waals surface area contributed by atoms with Crippen LogP contribution >= 0.6 is 15.9 Å². The molecular formula is C40H65BrO6Si2. The van der Waals surface area contributed by atoms with Crippen LogP contribution in [0.4, 0.5) is 0 Å². The number of fused-ring (bicyclic) bond motifs is 1. The van der Waals surface area contributed by atoms with E-state index < -0.39 is 22.7 Å². The van der Waals surface area contributed by atoms with Gasteiger partial charge in [-0.3, -0.25) is 0 Å². The molecule has 6 nitrogen and oxygen atoms in total. The molecule has 1 fully saturated rings. The maximum atomic E-state index is 13.9. The topological polar surface area (TPSA) is 63.2 Å². The molecule has 1 aliphatic heterocycles.